The molecule has 5 heteroatoms. The Bertz CT molecular complexity index is 695. The lowest BCUT2D eigenvalue weighted by Gasteiger charge is -2.18. The van der Waals surface area contributed by atoms with Crippen molar-refractivity contribution in [2.45, 2.75) is 32.7 Å². The summed E-state index contributed by atoms with van der Waals surface area (Å²) in [5, 5.41) is 4.14. The number of hydrogen-bond acceptors (Lipinski definition) is 3. The maximum absolute atomic E-state index is 4.46. The fourth-order valence-electron chi connectivity index (χ4n) is 2.51. The van der Waals surface area contributed by atoms with E-state index < -0.39 is 0 Å². The van der Waals surface area contributed by atoms with Crippen molar-refractivity contribution in [2.24, 2.45) is 0 Å². The normalized spacial score (nSPS) is 12.8. The van der Waals surface area contributed by atoms with Gasteiger partial charge in [0.1, 0.15) is 18.5 Å². The van der Waals surface area contributed by atoms with Gasteiger partial charge in [0.15, 0.2) is 0 Å². The third kappa shape index (κ3) is 2.59. The van der Waals surface area contributed by atoms with Crippen LogP contribution in [0.1, 0.15) is 44.1 Å². The highest BCUT2D eigenvalue weighted by Crippen LogP contribution is 2.23. The summed E-state index contributed by atoms with van der Waals surface area (Å²) in [6, 6.07) is 8.64. The van der Waals surface area contributed by atoms with Crippen molar-refractivity contribution in [1.82, 2.24) is 24.3 Å². The molecular weight excluding hydrogens is 262 g/mol. The quantitative estimate of drug-likeness (QED) is 0.738. The molecule has 0 fully saturated rings. The van der Waals surface area contributed by atoms with Crippen LogP contribution in [0.3, 0.4) is 0 Å². The minimum absolute atomic E-state index is 0.259. The Morgan fingerprint density at radius 1 is 1.05 bits per heavy atom. The van der Waals surface area contributed by atoms with Crippen LogP contribution in [0.4, 0.5) is 0 Å². The van der Waals surface area contributed by atoms with Gasteiger partial charge < -0.3 is 4.57 Å². The van der Waals surface area contributed by atoms with E-state index in [0.29, 0.717) is 5.92 Å². The molecule has 0 bridgehead atoms. The molecule has 0 saturated heterocycles. The highest BCUT2D eigenvalue weighted by Gasteiger charge is 2.14. The summed E-state index contributed by atoms with van der Waals surface area (Å²) in [7, 11) is 0. The van der Waals surface area contributed by atoms with Crippen molar-refractivity contribution in [2.75, 3.05) is 0 Å². The first-order valence-corrected chi connectivity index (χ1v) is 7.14. The van der Waals surface area contributed by atoms with E-state index >= 15 is 0 Å². The smallest absolute Gasteiger partial charge is 0.138 e. The lowest BCUT2D eigenvalue weighted by Crippen LogP contribution is -2.11. The molecule has 0 aliphatic carbocycles. The van der Waals surface area contributed by atoms with Crippen LogP contribution in [0.15, 0.2) is 49.3 Å². The Morgan fingerprint density at radius 3 is 2.43 bits per heavy atom. The third-order valence-electron chi connectivity index (χ3n) is 3.69. The predicted molar refractivity (Wildman–Crippen MR) is 81.5 cm³/mol. The molecule has 0 N–H and O–H groups in total. The van der Waals surface area contributed by atoms with E-state index in [1.54, 1.807) is 11.0 Å². The van der Waals surface area contributed by atoms with Gasteiger partial charge in [0, 0.05) is 18.3 Å². The first-order valence-electron chi connectivity index (χ1n) is 7.14. The second kappa shape index (κ2) is 5.52. The van der Waals surface area contributed by atoms with Gasteiger partial charge in [-0.3, -0.25) is 0 Å². The van der Waals surface area contributed by atoms with Crippen molar-refractivity contribution in [3.8, 4) is 5.69 Å². The third-order valence-corrected chi connectivity index (χ3v) is 3.69. The molecule has 108 valence electrons. The van der Waals surface area contributed by atoms with Gasteiger partial charge in [-0.15, -0.1) is 0 Å². The molecule has 3 rings (SSSR count). The molecule has 5 nitrogen and oxygen atoms in total. The molecule has 0 spiro atoms. The number of benzene rings is 1. The summed E-state index contributed by atoms with van der Waals surface area (Å²) in [6.45, 7) is 6.52. The van der Waals surface area contributed by atoms with Gasteiger partial charge in [-0.2, -0.15) is 5.10 Å². The van der Waals surface area contributed by atoms with E-state index in [-0.39, 0.29) is 6.04 Å². The number of nitrogens with zero attached hydrogens (tertiary/aromatic N) is 5. The van der Waals surface area contributed by atoms with Crippen molar-refractivity contribution >= 4 is 0 Å². The highest BCUT2D eigenvalue weighted by molar-refractivity contribution is 5.34. The van der Waals surface area contributed by atoms with Crippen LogP contribution in [0.25, 0.3) is 5.69 Å². The van der Waals surface area contributed by atoms with E-state index in [1.165, 1.54) is 11.9 Å². The second-order valence-electron chi connectivity index (χ2n) is 5.45. The molecule has 1 unspecified atom stereocenters. The zero-order valence-electron chi connectivity index (χ0n) is 12.5. The molecule has 0 aliphatic rings. The molecule has 21 heavy (non-hydrogen) atoms. The largest absolute Gasteiger partial charge is 0.328 e. The fourth-order valence-corrected chi connectivity index (χ4v) is 2.51. The van der Waals surface area contributed by atoms with Crippen LogP contribution in [-0.4, -0.2) is 24.3 Å². The zero-order chi connectivity index (χ0) is 14.8. The average Bonchev–Trinajstić information content (AvgIpc) is 3.18. The highest BCUT2D eigenvalue weighted by atomic mass is 15.3. The molecular formula is C16H19N5. The maximum atomic E-state index is 4.46. The lowest BCUT2D eigenvalue weighted by molar-refractivity contribution is 0.578. The minimum atomic E-state index is 0.259. The monoisotopic (exact) mass is 281 g/mol. The molecule has 2 aromatic heterocycles. The zero-order valence-corrected chi connectivity index (χ0v) is 12.5. The molecule has 2 heterocycles. The van der Waals surface area contributed by atoms with Crippen LogP contribution in [0, 0.1) is 0 Å². The van der Waals surface area contributed by atoms with Crippen LogP contribution >= 0.6 is 0 Å². The predicted octanol–water partition coefficient (Wildman–Crippen LogP) is 3.20. The summed E-state index contributed by atoms with van der Waals surface area (Å²) in [5.74, 6) is 1.53. The molecule has 0 aliphatic heterocycles. The average molecular weight is 281 g/mol. The Balaban J connectivity index is 1.88. The molecule has 3 aromatic rings. The summed E-state index contributed by atoms with van der Waals surface area (Å²) in [6.07, 6.45) is 7.16. The Hall–Kier alpha value is -2.43. The number of aromatic nitrogens is 5. The van der Waals surface area contributed by atoms with Gasteiger partial charge in [-0.05, 0) is 24.6 Å². The SMILES string of the molecule is CC(C)c1nccn1C(C)c1ccc(-n2cncn2)cc1. The maximum Gasteiger partial charge on any atom is 0.138 e. The van der Waals surface area contributed by atoms with Gasteiger partial charge in [0.05, 0.1) is 11.7 Å². The van der Waals surface area contributed by atoms with Crippen molar-refractivity contribution in [1.29, 1.82) is 0 Å². The molecule has 0 saturated carbocycles. The molecule has 0 amide bonds. The fraction of sp³-hybridized carbons (Fsp3) is 0.312. The van der Waals surface area contributed by atoms with Crippen LogP contribution in [-0.2, 0) is 0 Å². The van der Waals surface area contributed by atoms with Crippen molar-refractivity contribution in [3.05, 3.63) is 60.7 Å². The molecule has 0 radical (unpaired) electrons. The number of rotatable bonds is 4. The number of imidazole rings is 1. The van der Waals surface area contributed by atoms with E-state index in [4.69, 9.17) is 0 Å². The van der Waals surface area contributed by atoms with Gasteiger partial charge in [-0.25, -0.2) is 14.6 Å². The van der Waals surface area contributed by atoms with Crippen molar-refractivity contribution < 1.29 is 0 Å². The van der Waals surface area contributed by atoms with Crippen molar-refractivity contribution in [3.63, 3.8) is 0 Å². The summed E-state index contributed by atoms with van der Waals surface area (Å²) in [4.78, 5) is 8.43. The molecule has 1 atom stereocenters. The molecule has 1 aromatic carbocycles. The van der Waals surface area contributed by atoms with Gasteiger partial charge in [0.25, 0.3) is 0 Å². The van der Waals surface area contributed by atoms with Gasteiger partial charge >= 0.3 is 0 Å². The summed E-state index contributed by atoms with van der Waals surface area (Å²) in [5.41, 5.74) is 2.26. The topological polar surface area (TPSA) is 48.5 Å². The standard InChI is InChI=1S/C16H19N5/c1-12(2)16-18-8-9-20(16)13(3)14-4-6-15(7-5-14)21-11-17-10-19-21/h4-13H,1-3H3. The van der Waals surface area contributed by atoms with E-state index in [0.717, 1.165) is 11.5 Å². The minimum Gasteiger partial charge on any atom is -0.328 e. The van der Waals surface area contributed by atoms with Crippen LogP contribution < -0.4 is 0 Å². The summed E-state index contributed by atoms with van der Waals surface area (Å²) < 4.78 is 3.99. The van der Waals surface area contributed by atoms with E-state index in [1.807, 2.05) is 12.4 Å². The van der Waals surface area contributed by atoms with Crippen LogP contribution in [0.5, 0.6) is 0 Å². The second-order valence-corrected chi connectivity index (χ2v) is 5.45. The van der Waals surface area contributed by atoms with Gasteiger partial charge in [0.2, 0.25) is 0 Å². The first-order chi connectivity index (χ1) is 10.2. The lowest BCUT2D eigenvalue weighted by atomic mass is 10.1. The summed E-state index contributed by atoms with van der Waals surface area (Å²) >= 11 is 0. The van der Waals surface area contributed by atoms with Gasteiger partial charge in [-0.1, -0.05) is 26.0 Å². The Labute approximate surface area is 124 Å². The first kappa shape index (κ1) is 13.5. The van der Waals surface area contributed by atoms with E-state index in [9.17, 15) is 0 Å². The number of hydrogen-bond donors (Lipinski definition) is 0. The Morgan fingerprint density at radius 2 is 1.81 bits per heavy atom. The Kier molecular flexibility index (Phi) is 3.56. The van der Waals surface area contributed by atoms with E-state index in [2.05, 4.69) is 64.7 Å². The van der Waals surface area contributed by atoms with Crippen LogP contribution in [0.2, 0.25) is 0 Å².